The summed E-state index contributed by atoms with van der Waals surface area (Å²) in [6, 6.07) is 85.7. The van der Waals surface area contributed by atoms with Crippen molar-refractivity contribution in [2.24, 2.45) is 0 Å². The molecule has 0 aliphatic rings. The number of carbonyl (C=O) groups excluding carboxylic acids is 1. The smallest absolute Gasteiger partial charge is 1.00 e. The van der Waals surface area contributed by atoms with E-state index in [-0.39, 0.29) is 44.0 Å². The Balaban J connectivity index is 0.000000293. The first-order valence-corrected chi connectivity index (χ1v) is 30.5. The molecule has 0 bridgehead atoms. The van der Waals surface area contributed by atoms with Gasteiger partial charge in [-0.1, -0.05) is 248 Å². The Hall–Kier alpha value is -7.71. The maximum Gasteiger partial charge on any atom is 1.00 e. The lowest BCUT2D eigenvalue weighted by atomic mass is 10.1. The molecule has 4 atom stereocenters. The predicted octanol–water partition coefficient (Wildman–Crippen LogP) is 16.0. The molecule has 0 heterocycles. The second-order valence-electron chi connectivity index (χ2n) is 20.0. The van der Waals surface area contributed by atoms with Crippen LogP contribution in [-0.2, 0) is 43.6 Å². The largest absolute Gasteiger partial charge is 1.00 e. The minimum absolute atomic E-state index is 0. The Morgan fingerprint density at radius 1 is 0.422 bits per heavy atom. The highest BCUT2D eigenvalue weighted by Crippen LogP contribution is 2.28. The SMILES string of the molecule is CC(=O)Cl.CC(COc1cccc2ccccc12)OCc1ccccc1.COC(C)CCl.COC(C)COc1cccc2ccccc12.ClC(COc1cccc2ccccc12)OCc1ccccc1.OCc1ccccc1.Oc1cccc2ccccc12.[Cl-].[H+]. The zero-order valence-corrected chi connectivity index (χ0v) is 54.8. The normalized spacial score (nSPS) is 11.5. The van der Waals surface area contributed by atoms with Gasteiger partial charge < -0.3 is 55.8 Å². The fraction of sp³-hybridized carbons (Fsp3) is 0.224. The Morgan fingerprint density at radius 3 is 1.09 bits per heavy atom. The minimum Gasteiger partial charge on any atom is -1.00 e. The summed E-state index contributed by atoms with van der Waals surface area (Å²) in [5.41, 5.74) is 2.75. The first-order chi connectivity index (χ1) is 43.3. The molecule has 474 valence electrons. The lowest BCUT2D eigenvalue weighted by Gasteiger charge is -2.15. The molecular formula is C76H82Cl4O10. The highest BCUT2D eigenvalue weighted by Gasteiger charge is 2.10. The molecule has 14 heteroatoms. The zero-order valence-electron chi connectivity index (χ0n) is 52.8. The van der Waals surface area contributed by atoms with Crippen molar-refractivity contribution in [1.82, 2.24) is 0 Å². The van der Waals surface area contributed by atoms with Crippen molar-refractivity contribution in [2.45, 2.75) is 71.4 Å². The molecule has 10 nitrogen and oxygen atoms in total. The van der Waals surface area contributed by atoms with E-state index in [4.69, 9.17) is 61.5 Å². The van der Waals surface area contributed by atoms with Crippen LogP contribution < -0.4 is 26.6 Å². The number of halogens is 4. The molecule has 0 radical (unpaired) electrons. The maximum absolute atomic E-state index is 9.37. The number of ether oxygens (including phenoxy) is 7. The van der Waals surface area contributed by atoms with Crippen LogP contribution in [0.15, 0.2) is 261 Å². The number of phenolic OH excluding ortho intramolecular Hbond substituents is 1. The van der Waals surface area contributed by atoms with Gasteiger partial charge in [-0.25, -0.2) is 0 Å². The van der Waals surface area contributed by atoms with E-state index in [0.29, 0.717) is 44.7 Å². The van der Waals surface area contributed by atoms with Gasteiger partial charge in [0.1, 0.15) is 42.8 Å². The van der Waals surface area contributed by atoms with E-state index >= 15 is 0 Å². The molecule has 11 aromatic rings. The van der Waals surface area contributed by atoms with Gasteiger partial charge in [-0.05, 0) is 94.9 Å². The van der Waals surface area contributed by atoms with Crippen LogP contribution >= 0.6 is 34.8 Å². The average molecular weight is 1300 g/mol. The summed E-state index contributed by atoms with van der Waals surface area (Å²) in [7, 11) is 3.34. The highest BCUT2D eigenvalue weighted by atomic mass is 35.5. The molecule has 0 fully saturated rings. The summed E-state index contributed by atoms with van der Waals surface area (Å²) in [5.74, 6) is 3.58. The third-order valence-corrected chi connectivity index (χ3v) is 13.7. The second-order valence-corrected chi connectivity index (χ2v) is 21.4. The molecule has 90 heavy (non-hydrogen) atoms. The standard InChI is InChI=1S/C20H20O2.C19H17ClO2.C14H16O2.C10H8O.C7H8O.C4H9ClO.C2H3ClO.ClH/c1-16(21-15-17-8-3-2-4-9-17)14-22-20-13-7-11-18-10-5-6-12-19(18)20;20-19(22-13-15-7-2-1-3-8-15)14-21-18-12-6-10-16-9-4-5-11-17(16)18;1-11(15-2)10-16-14-9-5-7-12-6-3-4-8-13(12)14;11-10-7-3-5-8-4-1-2-6-9(8)10;8-6-7-4-2-1-3-5-7;1-4(3-5)6-2;1-2(3)4;/h2-13,16H,14-15H2,1H3;1-12,19H,13-14H2;3-9,11H,10H2,1-2H3;1-7,11H;1-5,8H,6H2;4H,3H2,1-2H3;1H3;1H. The van der Waals surface area contributed by atoms with Crippen LogP contribution in [0.1, 0.15) is 45.8 Å². The number of rotatable bonds is 19. The summed E-state index contributed by atoms with van der Waals surface area (Å²) < 4.78 is 38.9. The van der Waals surface area contributed by atoms with E-state index in [2.05, 4.69) is 72.3 Å². The van der Waals surface area contributed by atoms with Crippen LogP contribution in [0.2, 0.25) is 0 Å². The van der Waals surface area contributed by atoms with Crippen LogP contribution in [-0.4, -0.2) is 79.3 Å². The number of carbonyl (C=O) groups is 1. The van der Waals surface area contributed by atoms with Gasteiger partial charge in [-0.3, -0.25) is 4.79 Å². The number of benzene rings is 11. The number of alkyl halides is 2. The molecule has 4 unspecified atom stereocenters. The van der Waals surface area contributed by atoms with Crippen molar-refractivity contribution in [1.29, 1.82) is 0 Å². The van der Waals surface area contributed by atoms with Crippen LogP contribution in [0.5, 0.6) is 23.0 Å². The van der Waals surface area contributed by atoms with Gasteiger partial charge in [0.15, 0.2) is 5.56 Å². The lowest BCUT2D eigenvalue weighted by Crippen LogP contribution is -3.00. The van der Waals surface area contributed by atoms with Crippen molar-refractivity contribution >= 4 is 83.1 Å². The van der Waals surface area contributed by atoms with Gasteiger partial charge >= 0.3 is 1.43 Å². The van der Waals surface area contributed by atoms with Gasteiger partial charge in [0.05, 0.1) is 38.1 Å². The van der Waals surface area contributed by atoms with Crippen molar-refractivity contribution in [3.63, 3.8) is 0 Å². The third kappa shape index (κ3) is 28.4. The number of phenols is 1. The van der Waals surface area contributed by atoms with Crippen LogP contribution in [0.4, 0.5) is 0 Å². The first-order valence-electron chi connectivity index (χ1n) is 29.2. The van der Waals surface area contributed by atoms with E-state index in [1.807, 2.05) is 215 Å². The molecule has 0 spiro atoms. The fourth-order valence-corrected chi connectivity index (χ4v) is 8.38. The Kier molecular flexibility index (Phi) is 36.4. The number of methoxy groups -OCH3 is 2. The van der Waals surface area contributed by atoms with E-state index in [1.54, 1.807) is 20.3 Å². The predicted molar refractivity (Wildman–Crippen MR) is 369 cm³/mol. The zero-order chi connectivity index (χ0) is 63.9. The van der Waals surface area contributed by atoms with Crippen LogP contribution in [0, 0.1) is 0 Å². The van der Waals surface area contributed by atoms with E-state index in [0.717, 1.165) is 60.7 Å². The van der Waals surface area contributed by atoms with E-state index in [1.165, 1.54) is 23.3 Å². The molecule has 0 aliphatic carbocycles. The quantitative estimate of drug-likeness (QED) is 0.0598. The van der Waals surface area contributed by atoms with Gasteiger partial charge in [-0.15, -0.1) is 11.6 Å². The number of aromatic hydroxyl groups is 1. The minimum atomic E-state index is -0.487. The molecule has 0 amide bonds. The summed E-state index contributed by atoms with van der Waals surface area (Å²) in [4.78, 5) is 9.21. The van der Waals surface area contributed by atoms with E-state index < -0.39 is 5.56 Å². The highest BCUT2D eigenvalue weighted by molar-refractivity contribution is 6.62. The molecule has 0 aromatic heterocycles. The number of fused-ring (bicyclic) bond motifs is 4. The summed E-state index contributed by atoms with van der Waals surface area (Å²) >= 11 is 16.1. The van der Waals surface area contributed by atoms with E-state index in [9.17, 15) is 9.90 Å². The van der Waals surface area contributed by atoms with Crippen LogP contribution in [0.3, 0.4) is 0 Å². The first kappa shape index (κ1) is 74.8. The molecule has 2 N–H and O–H groups in total. The molecule has 11 aromatic carbocycles. The summed E-state index contributed by atoms with van der Waals surface area (Å²) in [6.07, 6.45) is 0.352. The van der Waals surface area contributed by atoms with Gasteiger partial charge in [0, 0.05) is 48.6 Å². The second kappa shape index (κ2) is 43.9. The lowest BCUT2D eigenvalue weighted by molar-refractivity contribution is -0.109. The molecule has 11 rings (SSSR count). The molecule has 0 saturated heterocycles. The Morgan fingerprint density at radius 2 is 0.733 bits per heavy atom. The number of hydrogen-bond acceptors (Lipinski definition) is 10. The summed E-state index contributed by atoms with van der Waals surface area (Å²) in [5, 5.41) is 26.4. The number of aliphatic hydroxyl groups is 1. The molecular weight excluding hydrogens is 1210 g/mol. The summed E-state index contributed by atoms with van der Waals surface area (Å²) in [6.45, 7) is 9.90. The van der Waals surface area contributed by atoms with Crippen molar-refractivity contribution in [3.05, 3.63) is 278 Å². The molecule has 0 aliphatic heterocycles. The van der Waals surface area contributed by atoms with Crippen molar-refractivity contribution in [2.75, 3.05) is 39.9 Å². The Bertz CT molecular complexity index is 3540. The molecule has 0 saturated carbocycles. The van der Waals surface area contributed by atoms with Gasteiger partial charge in [-0.2, -0.15) is 0 Å². The third-order valence-electron chi connectivity index (χ3n) is 13.0. The van der Waals surface area contributed by atoms with Gasteiger partial charge in [0.2, 0.25) is 5.24 Å². The van der Waals surface area contributed by atoms with Gasteiger partial charge in [0.25, 0.3) is 0 Å². The average Bonchev–Trinajstić information content (AvgIpc) is 2.18. The topological polar surface area (TPSA) is 122 Å². The fourth-order valence-electron chi connectivity index (χ4n) is 8.13. The van der Waals surface area contributed by atoms with Crippen LogP contribution in [0.25, 0.3) is 43.1 Å². The monoisotopic (exact) mass is 1290 g/mol. The van der Waals surface area contributed by atoms with Crippen molar-refractivity contribution in [3.8, 4) is 23.0 Å². The number of hydrogen-bond donors (Lipinski definition) is 2. The maximum atomic E-state index is 9.37. The Labute approximate surface area is 553 Å². The number of aliphatic hydroxyl groups excluding tert-OH is 1. The van der Waals surface area contributed by atoms with Crippen molar-refractivity contribution < 1.29 is 62.0 Å².